The molecule has 0 aliphatic rings. The van der Waals surface area contributed by atoms with Gasteiger partial charge in [-0.25, -0.2) is 0 Å². The Morgan fingerprint density at radius 3 is 3.06 bits per heavy atom. The second-order valence-corrected chi connectivity index (χ2v) is 4.21. The van der Waals surface area contributed by atoms with Crippen molar-refractivity contribution in [3.63, 3.8) is 0 Å². The Morgan fingerprint density at radius 2 is 2.28 bits per heavy atom. The van der Waals surface area contributed by atoms with Gasteiger partial charge in [-0.15, -0.1) is 0 Å². The van der Waals surface area contributed by atoms with E-state index >= 15 is 0 Å². The number of benzene rings is 1. The molecule has 1 amide bonds. The topological polar surface area (TPSA) is 57.8 Å². The first-order chi connectivity index (χ1) is 8.72. The van der Waals surface area contributed by atoms with Crippen LogP contribution in [0, 0.1) is 18.3 Å². The minimum Gasteiger partial charge on any atom is -0.354 e. The molecule has 1 N–H and O–H groups in total. The molecule has 4 nitrogen and oxygen atoms in total. The van der Waals surface area contributed by atoms with Crippen molar-refractivity contribution in [1.29, 1.82) is 5.26 Å². The molecule has 2 rings (SSSR count). The van der Waals surface area contributed by atoms with Crippen LogP contribution in [0.1, 0.15) is 12.0 Å². The van der Waals surface area contributed by atoms with E-state index in [4.69, 9.17) is 5.26 Å². The highest BCUT2D eigenvalue weighted by Crippen LogP contribution is 2.19. The predicted octanol–water partition coefficient (Wildman–Crippen LogP) is 1.98. The molecule has 1 heterocycles. The minimum absolute atomic E-state index is 0.0655. The fourth-order valence-electron chi connectivity index (χ4n) is 1.98. The van der Waals surface area contributed by atoms with Gasteiger partial charge in [0.15, 0.2) is 0 Å². The van der Waals surface area contributed by atoms with Crippen LogP contribution < -0.4 is 5.32 Å². The number of nitrogens with zero attached hydrogens (tertiary/aromatic N) is 2. The maximum Gasteiger partial charge on any atom is 0.239 e. The van der Waals surface area contributed by atoms with Crippen molar-refractivity contribution < 1.29 is 4.79 Å². The van der Waals surface area contributed by atoms with E-state index in [2.05, 4.69) is 18.3 Å². The van der Waals surface area contributed by atoms with E-state index in [-0.39, 0.29) is 5.91 Å². The van der Waals surface area contributed by atoms with Gasteiger partial charge in [-0.2, -0.15) is 5.26 Å². The molecule has 0 radical (unpaired) electrons. The third kappa shape index (κ3) is 2.51. The van der Waals surface area contributed by atoms with Crippen LogP contribution in [0.3, 0.4) is 0 Å². The first kappa shape index (κ1) is 12.2. The number of fused-ring (bicyclic) bond motifs is 1. The molecule has 0 fully saturated rings. The summed E-state index contributed by atoms with van der Waals surface area (Å²) in [5.74, 6) is -0.0655. The van der Waals surface area contributed by atoms with Crippen molar-refractivity contribution in [3.8, 4) is 6.07 Å². The smallest absolute Gasteiger partial charge is 0.239 e. The third-order valence-electron chi connectivity index (χ3n) is 2.90. The van der Waals surface area contributed by atoms with Gasteiger partial charge >= 0.3 is 0 Å². The zero-order valence-corrected chi connectivity index (χ0v) is 10.3. The zero-order chi connectivity index (χ0) is 13.0. The summed E-state index contributed by atoms with van der Waals surface area (Å²) in [6, 6.07) is 10.1. The van der Waals surface area contributed by atoms with Crippen molar-refractivity contribution in [1.82, 2.24) is 9.88 Å². The van der Waals surface area contributed by atoms with Crippen molar-refractivity contribution in [2.24, 2.45) is 0 Å². The normalized spacial score (nSPS) is 10.2. The molecule has 2 aromatic rings. The van der Waals surface area contributed by atoms with Gasteiger partial charge < -0.3 is 9.88 Å². The van der Waals surface area contributed by atoms with Crippen LogP contribution in [0.2, 0.25) is 0 Å². The van der Waals surface area contributed by atoms with Gasteiger partial charge in [-0.05, 0) is 24.6 Å². The quantitative estimate of drug-likeness (QED) is 0.832. The number of hydrogen-bond donors (Lipinski definition) is 1. The summed E-state index contributed by atoms with van der Waals surface area (Å²) in [6.45, 7) is 2.76. The molecular formula is C14H15N3O. The first-order valence-corrected chi connectivity index (χ1v) is 5.90. The summed E-state index contributed by atoms with van der Waals surface area (Å²) in [6.07, 6.45) is 2.26. The summed E-state index contributed by atoms with van der Waals surface area (Å²) in [5.41, 5.74) is 2.27. The molecular weight excluding hydrogens is 226 g/mol. The van der Waals surface area contributed by atoms with Gasteiger partial charge in [0.1, 0.15) is 6.54 Å². The molecule has 92 valence electrons. The molecule has 0 atom stereocenters. The average Bonchev–Trinajstić information content (AvgIpc) is 2.74. The Labute approximate surface area is 106 Å². The Kier molecular flexibility index (Phi) is 3.63. The maximum atomic E-state index is 11.7. The summed E-state index contributed by atoms with van der Waals surface area (Å²) in [4.78, 5) is 11.7. The maximum absolute atomic E-state index is 11.7. The summed E-state index contributed by atoms with van der Waals surface area (Å²) in [7, 11) is 0. The molecule has 0 unspecified atom stereocenters. The van der Waals surface area contributed by atoms with E-state index in [9.17, 15) is 4.79 Å². The third-order valence-corrected chi connectivity index (χ3v) is 2.90. The minimum atomic E-state index is -0.0655. The van der Waals surface area contributed by atoms with Crippen LogP contribution >= 0.6 is 0 Å². The Hall–Kier alpha value is -2.28. The molecule has 0 spiro atoms. The number of carbonyl (C=O) groups is 1. The van der Waals surface area contributed by atoms with E-state index in [1.807, 2.05) is 35.0 Å². The number of rotatable bonds is 4. The number of nitrogens with one attached hydrogen (secondary N) is 1. The molecule has 0 bridgehead atoms. The van der Waals surface area contributed by atoms with Gasteiger partial charge in [0, 0.05) is 23.6 Å². The molecule has 4 heteroatoms. The van der Waals surface area contributed by atoms with Crippen LogP contribution in [-0.2, 0) is 11.3 Å². The van der Waals surface area contributed by atoms with E-state index in [0.29, 0.717) is 19.5 Å². The lowest BCUT2D eigenvalue weighted by atomic mass is 10.1. The molecule has 1 aromatic heterocycles. The van der Waals surface area contributed by atoms with Crippen LogP contribution in [0.5, 0.6) is 0 Å². The van der Waals surface area contributed by atoms with Crippen molar-refractivity contribution in [2.45, 2.75) is 19.9 Å². The summed E-state index contributed by atoms with van der Waals surface area (Å²) >= 11 is 0. The average molecular weight is 241 g/mol. The van der Waals surface area contributed by atoms with Crippen molar-refractivity contribution in [3.05, 3.63) is 36.0 Å². The SMILES string of the molecule is Cc1cccc2c1ccn2CC(=O)NCCC#N. The number of carbonyl (C=O) groups excluding carboxylic acids is 1. The molecule has 0 saturated carbocycles. The Morgan fingerprint density at radius 1 is 1.44 bits per heavy atom. The number of aryl methyl sites for hydroxylation is 1. The predicted molar refractivity (Wildman–Crippen MR) is 69.9 cm³/mol. The molecule has 1 aromatic carbocycles. The van der Waals surface area contributed by atoms with Crippen LogP contribution in [-0.4, -0.2) is 17.0 Å². The van der Waals surface area contributed by atoms with Gasteiger partial charge in [0.05, 0.1) is 12.5 Å². The number of aromatic nitrogens is 1. The summed E-state index contributed by atoms with van der Waals surface area (Å²) < 4.78 is 1.92. The standard InChI is InChI=1S/C14H15N3O/c1-11-4-2-5-13-12(11)6-9-17(13)10-14(18)16-8-3-7-15/h2,4-6,9H,3,8,10H2,1H3,(H,16,18). The highest BCUT2D eigenvalue weighted by atomic mass is 16.1. The van der Waals surface area contributed by atoms with Crippen LogP contribution in [0.15, 0.2) is 30.5 Å². The second kappa shape index (κ2) is 5.37. The summed E-state index contributed by atoms with van der Waals surface area (Å²) in [5, 5.41) is 12.3. The lowest BCUT2D eigenvalue weighted by molar-refractivity contribution is -0.121. The van der Waals surface area contributed by atoms with E-state index < -0.39 is 0 Å². The molecule has 0 saturated heterocycles. The zero-order valence-electron chi connectivity index (χ0n) is 10.3. The van der Waals surface area contributed by atoms with Gasteiger partial charge in [-0.3, -0.25) is 4.79 Å². The van der Waals surface area contributed by atoms with E-state index in [1.54, 1.807) is 0 Å². The molecule has 0 aliphatic carbocycles. The van der Waals surface area contributed by atoms with Gasteiger partial charge in [0.25, 0.3) is 0 Å². The van der Waals surface area contributed by atoms with Crippen molar-refractivity contribution in [2.75, 3.05) is 6.54 Å². The largest absolute Gasteiger partial charge is 0.354 e. The van der Waals surface area contributed by atoms with Gasteiger partial charge in [-0.1, -0.05) is 12.1 Å². The lowest BCUT2D eigenvalue weighted by Gasteiger charge is -2.06. The fourth-order valence-corrected chi connectivity index (χ4v) is 1.98. The number of amides is 1. The highest BCUT2D eigenvalue weighted by molar-refractivity contribution is 5.85. The monoisotopic (exact) mass is 241 g/mol. The number of nitriles is 1. The fraction of sp³-hybridized carbons (Fsp3) is 0.286. The van der Waals surface area contributed by atoms with E-state index in [1.165, 1.54) is 10.9 Å². The highest BCUT2D eigenvalue weighted by Gasteiger charge is 2.06. The van der Waals surface area contributed by atoms with Gasteiger partial charge in [0.2, 0.25) is 5.91 Å². The first-order valence-electron chi connectivity index (χ1n) is 5.90. The Balaban J connectivity index is 2.11. The molecule has 0 aliphatic heterocycles. The van der Waals surface area contributed by atoms with Crippen molar-refractivity contribution >= 4 is 16.8 Å². The van der Waals surface area contributed by atoms with E-state index in [0.717, 1.165) is 5.52 Å². The number of hydrogen-bond acceptors (Lipinski definition) is 2. The lowest BCUT2D eigenvalue weighted by Crippen LogP contribution is -2.27. The van der Waals surface area contributed by atoms with Crippen LogP contribution in [0.25, 0.3) is 10.9 Å². The Bertz CT molecular complexity index is 607. The molecule has 18 heavy (non-hydrogen) atoms. The van der Waals surface area contributed by atoms with Crippen LogP contribution in [0.4, 0.5) is 0 Å². The second-order valence-electron chi connectivity index (χ2n) is 4.21.